The number of nitrogens with zero attached hydrogens (tertiary/aromatic N) is 5. The highest BCUT2D eigenvalue weighted by Gasteiger charge is 2.29. The van der Waals surface area contributed by atoms with Gasteiger partial charge in [-0.05, 0) is 32.9 Å². The van der Waals surface area contributed by atoms with Crippen molar-refractivity contribution in [3.63, 3.8) is 0 Å². The first-order chi connectivity index (χ1) is 13.6. The number of carbonyl (C=O) groups is 1. The molecule has 2 aliphatic rings. The van der Waals surface area contributed by atoms with Crippen LogP contribution in [0.5, 0.6) is 0 Å². The van der Waals surface area contributed by atoms with Gasteiger partial charge in [0.05, 0.1) is 24.0 Å². The van der Waals surface area contributed by atoms with Gasteiger partial charge in [-0.25, -0.2) is 0 Å². The van der Waals surface area contributed by atoms with Crippen LogP contribution in [0.25, 0.3) is 11.3 Å². The minimum atomic E-state index is 0.112. The summed E-state index contributed by atoms with van der Waals surface area (Å²) in [6, 6.07) is 10.2. The molecule has 0 bridgehead atoms. The largest absolute Gasteiger partial charge is 0.336 e. The van der Waals surface area contributed by atoms with E-state index in [1.807, 2.05) is 27.8 Å². The molecule has 150 valence electrons. The smallest absolute Gasteiger partial charge is 0.257 e. The lowest BCUT2D eigenvalue weighted by Gasteiger charge is -2.34. The molecule has 6 heteroatoms. The van der Waals surface area contributed by atoms with Crippen LogP contribution in [-0.2, 0) is 6.54 Å². The SMILES string of the molecule is CN(C)CCn1ncc(C(=O)N2CCN(CC3CC3)CC2)c1-c1ccccc1. The molecule has 4 rings (SSSR count). The number of hydrogen-bond donors (Lipinski definition) is 0. The molecule has 0 N–H and O–H groups in total. The Morgan fingerprint density at radius 1 is 1.11 bits per heavy atom. The molecule has 1 aliphatic heterocycles. The predicted octanol–water partition coefficient (Wildman–Crippen LogP) is 2.28. The predicted molar refractivity (Wildman–Crippen MR) is 111 cm³/mol. The normalized spacial score (nSPS) is 18.0. The highest BCUT2D eigenvalue weighted by Crippen LogP contribution is 2.30. The molecule has 1 aliphatic carbocycles. The van der Waals surface area contributed by atoms with Gasteiger partial charge in [-0.15, -0.1) is 0 Å². The molecule has 1 aromatic heterocycles. The van der Waals surface area contributed by atoms with Crippen molar-refractivity contribution in [1.29, 1.82) is 0 Å². The van der Waals surface area contributed by atoms with Gasteiger partial charge in [-0.3, -0.25) is 14.4 Å². The Kier molecular flexibility index (Phi) is 5.78. The summed E-state index contributed by atoms with van der Waals surface area (Å²) >= 11 is 0. The zero-order valence-electron chi connectivity index (χ0n) is 17.0. The Bertz CT molecular complexity index is 789. The molecule has 2 aromatic rings. The lowest BCUT2D eigenvalue weighted by atomic mass is 10.1. The van der Waals surface area contributed by atoms with E-state index in [9.17, 15) is 4.79 Å². The van der Waals surface area contributed by atoms with E-state index in [0.29, 0.717) is 0 Å². The summed E-state index contributed by atoms with van der Waals surface area (Å²) in [5, 5.41) is 4.58. The second-order valence-corrected chi connectivity index (χ2v) is 8.34. The molecule has 1 saturated heterocycles. The van der Waals surface area contributed by atoms with E-state index in [4.69, 9.17) is 0 Å². The van der Waals surface area contributed by atoms with Gasteiger partial charge in [0.2, 0.25) is 0 Å². The van der Waals surface area contributed by atoms with Crippen LogP contribution in [0.3, 0.4) is 0 Å². The fourth-order valence-electron chi connectivity index (χ4n) is 3.88. The monoisotopic (exact) mass is 381 g/mol. The van der Waals surface area contributed by atoms with Crippen molar-refractivity contribution in [2.24, 2.45) is 5.92 Å². The van der Waals surface area contributed by atoms with E-state index in [1.165, 1.54) is 19.4 Å². The summed E-state index contributed by atoms with van der Waals surface area (Å²) < 4.78 is 1.98. The van der Waals surface area contributed by atoms with Gasteiger partial charge in [0.1, 0.15) is 0 Å². The van der Waals surface area contributed by atoms with Crippen LogP contribution in [0.1, 0.15) is 23.2 Å². The van der Waals surface area contributed by atoms with E-state index >= 15 is 0 Å². The fraction of sp³-hybridized carbons (Fsp3) is 0.545. The fourth-order valence-corrected chi connectivity index (χ4v) is 3.88. The number of benzene rings is 1. The Balaban J connectivity index is 1.52. The molecule has 0 spiro atoms. The minimum Gasteiger partial charge on any atom is -0.336 e. The molecule has 1 aromatic carbocycles. The molecule has 1 saturated carbocycles. The zero-order chi connectivity index (χ0) is 19.5. The molecule has 2 fully saturated rings. The van der Waals surface area contributed by atoms with E-state index in [2.05, 4.69) is 41.1 Å². The maximum Gasteiger partial charge on any atom is 0.257 e. The van der Waals surface area contributed by atoms with E-state index in [-0.39, 0.29) is 5.91 Å². The second kappa shape index (κ2) is 8.45. The average Bonchev–Trinajstić information content (AvgIpc) is 3.42. The van der Waals surface area contributed by atoms with Gasteiger partial charge >= 0.3 is 0 Å². The summed E-state index contributed by atoms with van der Waals surface area (Å²) in [5.41, 5.74) is 2.71. The van der Waals surface area contributed by atoms with Crippen LogP contribution < -0.4 is 0 Å². The van der Waals surface area contributed by atoms with Crippen molar-refractivity contribution < 1.29 is 4.79 Å². The lowest BCUT2D eigenvalue weighted by Crippen LogP contribution is -2.49. The summed E-state index contributed by atoms with van der Waals surface area (Å²) in [7, 11) is 4.11. The first kappa shape index (κ1) is 19.2. The minimum absolute atomic E-state index is 0.112. The van der Waals surface area contributed by atoms with Crippen LogP contribution in [0, 0.1) is 5.92 Å². The third kappa shape index (κ3) is 4.45. The number of amides is 1. The van der Waals surface area contributed by atoms with Crippen molar-refractivity contribution in [3.05, 3.63) is 42.1 Å². The van der Waals surface area contributed by atoms with Gasteiger partial charge < -0.3 is 9.80 Å². The Hall–Kier alpha value is -2.18. The third-order valence-electron chi connectivity index (χ3n) is 5.75. The Morgan fingerprint density at radius 2 is 1.82 bits per heavy atom. The summed E-state index contributed by atoms with van der Waals surface area (Å²) in [6.07, 6.45) is 4.52. The Morgan fingerprint density at radius 3 is 2.46 bits per heavy atom. The molecular formula is C22H31N5O. The molecule has 2 heterocycles. The van der Waals surface area contributed by atoms with Crippen molar-refractivity contribution in [3.8, 4) is 11.3 Å². The van der Waals surface area contributed by atoms with E-state index in [0.717, 1.165) is 62.0 Å². The van der Waals surface area contributed by atoms with Crippen molar-refractivity contribution in [2.45, 2.75) is 19.4 Å². The number of carbonyl (C=O) groups excluding carboxylic acids is 1. The van der Waals surface area contributed by atoms with Crippen LogP contribution in [0.4, 0.5) is 0 Å². The quantitative estimate of drug-likeness (QED) is 0.738. The molecule has 0 atom stereocenters. The number of likely N-dealkylation sites (N-methyl/N-ethyl adjacent to an activating group) is 1. The van der Waals surface area contributed by atoms with Gasteiger partial charge in [0.25, 0.3) is 5.91 Å². The molecule has 0 radical (unpaired) electrons. The molecule has 28 heavy (non-hydrogen) atoms. The molecule has 6 nitrogen and oxygen atoms in total. The van der Waals surface area contributed by atoms with Crippen LogP contribution in [-0.4, -0.2) is 83.8 Å². The first-order valence-electron chi connectivity index (χ1n) is 10.4. The summed E-state index contributed by atoms with van der Waals surface area (Å²) in [4.78, 5) is 20.0. The van der Waals surface area contributed by atoms with E-state index < -0.39 is 0 Å². The topological polar surface area (TPSA) is 44.6 Å². The first-order valence-corrected chi connectivity index (χ1v) is 10.4. The van der Waals surface area contributed by atoms with Crippen LogP contribution in [0.2, 0.25) is 0 Å². The highest BCUT2D eigenvalue weighted by molar-refractivity contribution is 6.00. The second-order valence-electron chi connectivity index (χ2n) is 8.34. The lowest BCUT2D eigenvalue weighted by molar-refractivity contribution is 0.0632. The summed E-state index contributed by atoms with van der Waals surface area (Å²) in [5.74, 6) is 1.02. The van der Waals surface area contributed by atoms with Crippen molar-refractivity contribution >= 4 is 5.91 Å². The Labute approximate surface area is 167 Å². The molecule has 1 amide bonds. The van der Waals surface area contributed by atoms with Crippen molar-refractivity contribution in [1.82, 2.24) is 24.5 Å². The zero-order valence-corrected chi connectivity index (χ0v) is 17.0. The maximum absolute atomic E-state index is 13.3. The number of piperazine rings is 1. The summed E-state index contributed by atoms with van der Waals surface area (Å²) in [6.45, 7) is 6.44. The highest BCUT2D eigenvalue weighted by atomic mass is 16.2. The number of hydrogen-bond acceptors (Lipinski definition) is 4. The van der Waals surface area contributed by atoms with Crippen molar-refractivity contribution in [2.75, 3.05) is 53.4 Å². The van der Waals surface area contributed by atoms with E-state index in [1.54, 1.807) is 6.20 Å². The van der Waals surface area contributed by atoms with Crippen LogP contribution >= 0.6 is 0 Å². The number of aromatic nitrogens is 2. The average molecular weight is 382 g/mol. The third-order valence-corrected chi connectivity index (χ3v) is 5.75. The molecule has 0 unspecified atom stereocenters. The van der Waals surface area contributed by atoms with Gasteiger partial charge in [-0.2, -0.15) is 5.10 Å². The van der Waals surface area contributed by atoms with Gasteiger partial charge in [0.15, 0.2) is 0 Å². The van der Waals surface area contributed by atoms with Gasteiger partial charge in [-0.1, -0.05) is 30.3 Å². The van der Waals surface area contributed by atoms with Gasteiger partial charge in [0, 0.05) is 44.8 Å². The molecular weight excluding hydrogens is 350 g/mol. The standard InChI is InChI=1S/C22H31N5O/c1-24(2)10-15-27-21(19-6-4-3-5-7-19)20(16-23-27)22(28)26-13-11-25(12-14-26)17-18-8-9-18/h3-7,16,18H,8-15,17H2,1-2H3. The number of rotatable bonds is 7. The maximum atomic E-state index is 13.3. The van der Waals surface area contributed by atoms with Crippen LogP contribution in [0.15, 0.2) is 36.5 Å².